The van der Waals surface area contributed by atoms with Crippen molar-refractivity contribution in [3.05, 3.63) is 108 Å². The summed E-state index contributed by atoms with van der Waals surface area (Å²) in [5.74, 6) is 0.939. The Labute approximate surface area is 236 Å². The minimum Gasteiger partial charge on any atom is -0.492 e. The summed E-state index contributed by atoms with van der Waals surface area (Å²) in [5.41, 5.74) is 3.22. The van der Waals surface area contributed by atoms with E-state index in [2.05, 4.69) is 0 Å². The van der Waals surface area contributed by atoms with Crippen LogP contribution in [0.1, 0.15) is 34.2 Å². The fourth-order valence-corrected chi connectivity index (χ4v) is 7.23. The normalized spacial score (nSPS) is 13.7. The van der Waals surface area contributed by atoms with Crippen LogP contribution in [-0.2, 0) is 29.5 Å². The van der Waals surface area contributed by atoms with Crippen LogP contribution in [0.15, 0.2) is 94.4 Å². The van der Waals surface area contributed by atoms with Crippen LogP contribution in [0.2, 0.25) is 0 Å². The Morgan fingerprint density at radius 2 is 1.82 bits per heavy atom. The molecule has 0 aliphatic carbocycles. The van der Waals surface area contributed by atoms with E-state index in [1.807, 2.05) is 49.4 Å². The molecule has 40 heavy (non-hydrogen) atoms. The Morgan fingerprint density at radius 3 is 2.58 bits per heavy atom. The molecule has 2 aromatic heterocycles. The van der Waals surface area contributed by atoms with E-state index in [1.54, 1.807) is 35.4 Å². The number of benzene rings is 3. The molecular weight excluding hydrogens is 546 g/mol. The number of sulfonamides is 1. The summed E-state index contributed by atoms with van der Waals surface area (Å²) in [6.45, 7) is 3.33. The van der Waals surface area contributed by atoms with E-state index in [1.165, 1.54) is 33.3 Å². The number of ether oxygens (including phenoxy) is 1. The second-order valence-electron chi connectivity index (χ2n) is 9.38. The highest BCUT2D eigenvalue weighted by atomic mass is 32.2. The summed E-state index contributed by atoms with van der Waals surface area (Å²) < 4.78 is 40.5. The number of carbonyl (C=O) groups is 1. The maximum atomic E-state index is 13.8. The van der Waals surface area contributed by atoms with Gasteiger partial charge in [0.1, 0.15) is 17.0 Å². The second kappa shape index (κ2) is 10.9. The molecule has 0 fully saturated rings. The zero-order valence-corrected chi connectivity index (χ0v) is 23.5. The van der Waals surface area contributed by atoms with E-state index in [0.717, 1.165) is 10.3 Å². The zero-order valence-electron chi connectivity index (χ0n) is 21.8. The van der Waals surface area contributed by atoms with Gasteiger partial charge in [-0.25, -0.2) is 13.4 Å². The van der Waals surface area contributed by atoms with Gasteiger partial charge in [0.2, 0.25) is 10.0 Å². The Hall–Kier alpha value is -3.99. The molecule has 0 saturated heterocycles. The summed E-state index contributed by atoms with van der Waals surface area (Å²) in [5, 5.41) is 0.493. The Bertz CT molecular complexity index is 1760. The van der Waals surface area contributed by atoms with Gasteiger partial charge in [-0.15, -0.1) is 0 Å². The van der Waals surface area contributed by atoms with Gasteiger partial charge in [-0.3, -0.25) is 9.69 Å². The highest BCUT2D eigenvalue weighted by molar-refractivity contribution is 7.89. The lowest BCUT2D eigenvalue weighted by Gasteiger charge is -2.28. The molecule has 0 unspecified atom stereocenters. The van der Waals surface area contributed by atoms with E-state index in [4.69, 9.17) is 14.1 Å². The Morgan fingerprint density at radius 1 is 1.02 bits per heavy atom. The summed E-state index contributed by atoms with van der Waals surface area (Å²) in [6.07, 6.45) is 2.23. The molecular formula is C30H27N3O5S2. The van der Waals surface area contributed by atoms with Gasteiger partial charge in [-0.2, -0.15) is 4.31 Å². The lowest BCUT2D eigenvalue weighted by molar-refractivity contribution is 0.0983. The first-order valence-electron chi connectivity index (χ1n) is 13.0. The van der Waals surface area contributed by atoms with Gasteiger partial charge in [0.15, 0.2) is 5.13 Å². The average Bonchev–Trinajstić information content (AvgIpc) is 3.66. The average molecular weight is 574 g/mol. The number of para-hydroxylation sites is 1. The van der Waals surface area contributed by atoms with Crippen molar-refractivity contribution in [2.24, 2.45) is 0 Å². The van der Waals surface area contributed by atoms with Crippen molar-refractivity contribution in [3.8, 4) is 5.75 Å². The summed E-state index contributed by atoms with van der Waals surface area (Å²) in [7, 11) is -3.72. The first-order chi connectivity index (χ1) is 19.4. The molecule has 3 aromatic carbocycles. The molecule has 0 spiro atoms. The molecule has 204 valence electrons. The van der Waals surface area contributed by atoms with Crippen molar-refractivity contribution in [2.45, 2.75) is 31.3 Å². The number of nitrogens with zero attached hydrogens (tertiary/aromatic N) is 3. The monoisotopic (exact) mass is 573 g/mol. The van der Waals surface area contributed by atoms with Crippen molar-refractivity contribution in [2.75, 3.05) is 18.1 Å². The Balaban J connectivity index is 1.29. The molecule has 1 aliphatic heterocycles. The van der Waals surface area contributed by atoms with E-state index >= 15 is 0 Å². The first-order valence-corrected chi connectivity index (χ1v) is 15.2. The SMILES string of the molecule is CCOc1cccc2sc(N(Cc3ccco3)C(=O)c3ccc(S(=O)(=O)N4CCc5ccccc5C4)cc3)nc12. The number of rotatable bonds is 8. The fourth-order valence-electron chi connectivity index (χ4n) is 4.83. The third-order valence-corrected chi connectivity index (χ3v) is 9.78. The van der Waals surface area contributed by atoms with Gasteiger partial charge in [-0.1, -0.05) is 41.7 Å². The largest absolute Gasteiger partial charge is 0.492 e. The number of amides is 1. The van der Waals surface area contributed by atoms with Gasteiger partial charge < -0.3 is 9.15 Å². The quantitative estimate of drug-likeness (QED) is 0.230. The van der Waals surface area contributed by atoms with Gasteiger partial charge in [0, 0.05) is 18.7 Å². The lowest BCUT2D eigenvalue weighted by atomic mass is 10.0. The summed E-state index contributed by atoms with van der Waals surface area (Å²) in [4.78, 5) is 20.3. The zero-order chi connectivity index (χ0) is 27.7. The molecule has 0 bridgehead atoms. The van der Waals surface area contributed by atoms with Crippen molar-refractivity contribution in [3.63, 3.8) is 0 Å². The van der Waals surface area contributed by atoms with Crippen LogP contribution in [0.25, 0.3) is 10.2 Å². The molecule has 8 nitrogen and oxygen atoms in total. The van der Waals surface area contributed by atoms with Crippen molar-refractivity contribution >= 4 is 42.6 Å². The number of hydrogen-bond donors (Lipinski definition) is 0. The second-order valence-corrected chi connectivity index (χ2v) is 12.3. The topological polar surface area (TPSA) is 92.9 Å². The molecule has 3 heterocycles. The highest BCUT2D eigenvalue weighted by Gasteiger charge is 2.29. The van der Waals surface area contributed by atoms with E-state index in [-0.39, 0.29) is 17.3 Å². The van der Waals surface area contributed by atoms with Crippen LogP contribution in [0, 0.1) is 0 Å². The van der Waals surface area contributed by atoms with Crippen molar-refractivity contribution in [1.82, 2.24) is 9.29 Å². The van der Waals surface area contributed by atoms with Crippen LogP contribution >= 0.6 is 11.3 Å². The van der Waals surface area contributed by atoms with E-state index in [0.29, 0.717) is 53.8 Å². The number of fused-ring (bicyclic) bond motifs is 2. The lowest BCUT2D eigenvalue weighted by Crippen LogP contribution is -2.36. The van der Waals surface area contributed by atoms with Gasteiger partial charge in [-0.05, 0) is 73.0 Å². The molecule has 10 heteroatoms. The van der Waals surface area contributed by atoms with E-state index in [9.17, 15) is 13.2 Å². The van der Waals surface area contributed by atoms with Gasteiger partial charge in [0.05, 0.1) is 29.0 Å². The molecule has 1 aliphatic rings. The minimum atomic E-state index is -3.72. The van der Waals surface area contributed by atoms with Crippen molar-refractivity contribution < 1.29 is 22.4 Å². The predicted molar refractivity (Wildman–Crippen MR) is 154 cm³/mol. The highest BCUT2D eigenvalue weighted by Crippen LogP contribution is 2.35. The molecule has 0 saturated carbocycles. The standard InChI is InChI=1S/C30H27N3O5S2/c1-2-37-26-10-5-11-27-28(26)31-30(39-27)33(20-24-9-6-18-38-24)29(34)22-12-14-25(15-13-22)40(35,36)32-17-16-21-7-3-4-8-23(21)19-32/h3-15,18H,2,16-17,19-20H2,1H3. The maximum absolute atomic E-state index is 13.8. The fraction of sp³-hybridized carbons (Fsp3) is 0.200. The van der Waals surface area contributed by atoms with Gasteiger partial charge in [0.25, 0.3) is 5.91 Å². The third kappa shape index (κ3) is 5.01. The number of hydrogen-bond acceptors (Lipinski definition) is 7. The minimum absolute atomic E-state index is 0.155. The van der Waals surface area contributed by atoms with Crippen molar-refractivity contribution in [1.29, 1.82) is 0 Å². The summed E-state index contributed by atoms with van der Waals surface area (Å²) in [6, 6.07) is 23.3. The molecule has 1 amide bonds. The summed E-state index contributed by atoms with van der Waals surface area (Å²) >= 11 is 1.38. The molecule has 6 rings (SSSR count). The smallest absolute Gasteiger partial charge is 0.260 e. The number of thiazole rings is 1. The number of anilines is 1. The van der Waals surface area contributed by atoms with E-state index < -0.39 is 10.0 Å². The molecule has 0 N–H and O–H groups in total. The van der Waals surface area contributed by atoms with Crippen LogP contribution < -0.4 is 9.64 Å². The molecule has 0 atom stereocenters. The maximum Gasteiger partial charge on any atom is 0.260 e. The third-order valence-electron chi connectivity index (χ3n) is 6.88. The van der Waals surface area contributed by atoms with Gasteiger partial charge >= 0.3 is 0 Å². The van der Waals surface area contributed by atoms with Crippen LogP contribution in [0.5, 0.6) is 5.75 Å². The number of furan rings is 1. The number of aromatic nitrogens is 1. The van der Waals surface area contributed by atoms with Crippen LogP contribution in [0.3, 0.4) is 0 Å². The predicted octanol–water partition coefficient (Wildman–Crippen LogP) is 5.88. The number of carbonyl (C=O) groups excluding carboxylic acids is 1. The molecule has 5 aromatic rings. The first kappa shape index (κ1) is 26.2. The molecule has 0 radical (unpaired) electrons. The van der Waals surface area contributed by atoms with Crippen LogP contribution in [0.4, 0.5) is 5.13 Å². The Kier molecular flexibility index (Phi) is 7.14. The van der Waals surface area contributed by atoms with Crippen LogP contribution in [-0.4, -0.2) is 36.8 Å².